The van der Waals surface area contributed by atoms with E-state index >= 15 is 0 Å². The Balaban J connectivity index is 3.59. The highest BCUT2D eigenvalue weighted by atomic mass is 32.1. The first-order valence-corrected chi connectivity index (χ1v) is 5.68. The van der Waals surface area contributed by atoms with Crippen molar-refractivity contribution in [3.8, 4) is 0 Å². The molecule has 0 rings (SSSR count). The average Bonchev–Trinajstić information content (AvgIpc) is 2.05. The van der Waals surface area contributed by atoms with E-state index in [1.54, 1.807) is 0 Å². The molecule has 0 heterocycles. The molecule has 0 aliphatic heterocycles. The van der Waals surface area contributed by atoms with Gasteiger partial charge in [-0.25, -0.2) is 0 Å². The van der Waals surface area contributed by atoms with E-state index in [1.165, 1.54) is 0 Å². The van der Waals surface area contributed by atoms with Gasteiger partial charge in [0.05, 0.1) is 0 Å². The number of thiocarbonyl (C=S) groups is 1. The molecular formula is C9H20N2S2. The Hall–Kier alpha value is 0.200. The lowest BCUT2D eigenvalue weighted by atomic mass is 10.2. The minimum absolute atomic E-state index is 0.590. The van der Waals surface area contributed by atoms with Crippen molar-refractivity contribution in [2.75, 3.05) is 19.6 Å². The number of nitrogens with zero attached hydrogens (tertiary/aromatic N) is 1. The van der Waals surface area contributed by atoms with Crippen LogP contribution in [0.5, 0.6) is 0 Å². The normalized spacial score (nSPS) is 13.0. The van der Waals surface area contributed by atoms with Crippen LogP contribution in [0, 0.1) is 0 Å². The van der Waals surface area contributed by atoms with Crippen LogP contribution in [-0.4, -0.2) is 34.9 Å². The van der Waals surface area contributed by atoms with E-state index in [1.807, 2.05) is 0 Å². The number of rotatable bonds is 6. The molecule has 0 bridgehead atoms. The van der Waals surface area contributed by atoms with Crippen molar-refractivity contribution < 1.29 is 0 Å². The first kappa shape index (κ1) is 13.2. The molecule has 0 saturated heterocycles. The maximum Gasteiger partial charge on any atom is 0.130 e. The lowest BCUT2D eigenvalue weighted by Gasteiger charge is -2.26. The number of hydrogen-bond donors (Lipinski definition) is 2. The lowest BCUT2D eigenvalue weighted by molar-refractivity contribution is 0.222. The van der Waals surface area contributed by atoms with Crippen LogP contribution in [0.4, 0.5) is 0 Å². The van der Waals surface area contributed by atoms with Crippen molar-refractivity contribution in [3.05, 3.63) is 0 Å². The molecular weight excluding hydrogens is 200 g/mol. The zero-order chi connectivity index (χ0) is 10.3. The van der Waals surface area contributed by atoms with E-state index < -0.39 is 0 Å². The van der Waals surface area contributed by atoms with Gasteiger partial charge >= 0.3 is 0 Å². The van der Waals surface area contributed by atoms with E-state index in [9.17, 15) is 0 Å². The van der Waals surface area contributed by atoms with Gasteiger partial charge in [-0.1, -0.05) is 26.1 Å². The zero-order valence-corrected chi connectivity index (χ0v) is 10.4. The summed E-state index contributed by atoms with van der Waals surface area (Å²) in [5, 5.41) is 3.05. The minimum Gasteiger partial charge on any atom is -0.371 e. The first-order chi connectivity index (χ1) is 6.11. The molecule has 0 spiro atoms. The summed E-state index contributed by atoms with van der Waals surface area (Å²) < 4.78 is 0.590. The second-order valence-electron chi connectivity index (χ2n) is 3.09. The SMILES string of the molecule is CCN(CC)C(C)CCNC(=S)S. The molecule has 1 atom stereocenters. The maximum atomic E-state index is 4.81. The standard InChI is InChI=1S/C9H20N2S2/c1-4-11(5-2)8(3)6-7-10-9(12)13/h8H,4-7H2,1-3H3,(H2,10,12,13). The van der Waals surface area contributed by atoms with Crippen molar-refractivity contribution >= 4 is 29.2 Å². The largest absolute Gasteiger partial charge is 0.371 e. The Labute approximate surface area is 92.5 Å². The number of hydrogen-bond acceptors (Lipinski definition) is 2. The minimum atomic E-state index is 0.590. The Kier molecular flexibility index (Phi) is 7.71. The van der Waals surface area contributed by atoms with Gasteiger partial charge in [-0.05, 0) is 26.4 Å². The van der Waals surface area contributed by atoms with E-state index in [4.69, 9.17) is 12.2 Å². The average molecular weight is 220 g/mol. The molecule has 1 N–H and O–H groups in total. The first-order valence-electron chi connectivity index (χ1n) is 4.82. The smallest absolute Gasteiger partial charge is 0.130 e. The summed E-state index contributed by atoms with van der Waals surface area (Å²) in [6, 6.07) is 0.616. The number of thiol groups is 1. The highest BCUT2D eigenvalue weighted by Gasteiger charge is 2.08. The zero-order valence-electron chi connectivity index (χ0n) is 8.71. The summed E-state index contributed by atoms with van der Waals surface area (Å²) in [7, 11) is 0. The van der Waals surface area contributed by atoms with Crippen molar-refractivity contribution in [1.82, 2.24) is 10.2 Å². The summed E-state index contributed by atoms with van der Waals surface area (Å²) in [4.78, 5) is 2.43. The van der Waals surface area contributed by atoms with Gasteiger partial charge in [0, 0.05) is 12.6 Å². The van der Waals surface area contributed by atoms with Crippen LogP contribution in [0.2, 0.25) is 0 Å². The fraction of sp³-hybridized carbons (Fsp3) is 0.889. The molecule has 13 heavy (non-hydrogen) atoms. The molecule has 0 saturated carbocycles. The molecule has 78 valence electrons. The summed E-state index contributed by atoms with van der Waals surface area (Å²) in [5.74, 6) is 0. The van der Waals surface area contributed by atoms with Gasteiger partial charge in [0.15, 0.2) is 0 Å². The molecule has 0 aliphatic rings. The van der Waals surface area contributed by atoms with Gasteiger partial charge in [0.1, 0.15) is 4.32 Å². The molecule has 2 nitrogen and oxygen atoms in total. The molecule has 0 radical (unpaired) electrons. The number of nitrogens with one attached hydrogen (secondary N) is 1. The van der Waals surface area contributed by atoms with E-state index in [2.05, 4.69) is 43.6 Å². The van der Waals surface area contributed by atoms with Crippen LogP contribution in [0.15, 0.2) is 0 Å². The third-order valence-corrected chi connectivity index (χ3v) is 2.58. The van der Waals surface area contributed by atoms with Gasteiger partial charge < -0.3 is 10.2 Å². The van der Waals surface area contributed by atoms with Crippen LogP contribution < -0.4 is 5.32 Å². The topological polar surface area (TPSA) is 15.3 Å². The third kappa shape index (κ3) is 6.29. The second-order valence-corrected chi connectivity index (χ2v) is 4.25. The molecule has 0 amide bonds. The molecule has 4 heteroatoms. The Morgan fingerprint density at radius 2 is 2.00 bits per heavy atom. The maximum absolute atomic E-state index is 4.81. The molecule has 1 unspecified atom stereocenters. The fourth-order valence-corrected chi connectivity index (χ4v) is 1.63. The van der Waals surface area contributed by atoms with E-state index in [-0.39, 0.29) is 0 Å². The lowest BCUT2D eigenvalue weighted by Crippen LogP contribution is -2.35. The van der Waals surface area contributed by atoms with Crippen LogP contribution in [0.25, 0.3) is 0 Å². The van der Waals surface area contributed by atoms with Crippen molar-refractivity contribution in [2.45, 2.75) is 33.2 Å². The molecule has 0 aromatic carbocycles. The molecule has 0 fully saturated rings. The molecule has 0 aliphatic carbocycles. The quantitative estimate of drug-likeness (QED) is 0.525. The summed E-state index contributed by atoms with van der Waals surface area (Å²) in [5.41, 5.74) is 0. The van der Waals surface area contributed by atoms with Gasteiger partial charge in [-0.3, -0.25) is 0 Å². The fourth-order valence-electron chi connectivity index (χ4n) is 1.42. The van der Waals surface area contributed by atoms with E-state index in [0.29, 0.717) is 10.4 Å². The monoisotopic (exact) mass is 220 g/mol. The van der Waals surface area contributed by atoms with Crippen molar-refractivity contribution in [2.24, 2.45) is 0 Å². The highest BCUT2D eigenvalue weighted by molar-refractivity contribution is 8.11. The third-order valence-electron chi connectivity index (χ3n) is 2.27. The summed E-state index contributed by atoms with van der Waals surface area (Å²) >= 11 is 8.81. The van der Waals surface area contributed by atoms with Gasteiger partial charge in [-0.2, -0.15) is 0 Å². The van der Waals surface area contributed by atoms with Crippen molar-refractivity contribution in [3.63, 3.8) is 0 Å². The Bertz CT molecular complexity index is 147. The van der Waals surface area contributed by atoms with Crippen LogP contribution in [-0.2, 0) is 0 Å². The Morgan fingerprint density at radius 1 is 1.46 bits per heavy atom. The molecule has 0 aromatic heterocycles. The molecule has 0 aromatic rings. The Morgan fingerprint density at radius 3 is 2.38 bits per heavy atom. The highest BCUT2D eigenvalue weighted by Crippen LogP contribution is 2.01. The van der Waals surface area contributed by atoms with E-state index in [0.717, 1.165) is 26.1 Å². The van der Waals surface area contributed by atoms with Gasteiger partial charge in [-0.15, -0.1) is 12.6 Å². The summed E-state index contributed by atoms with van der Waals surface area (Å²) in [6.07, 6.45) is 1.11. The van der Waals surface area contributed by atoms with Gasteiger partial charge in [0.25, 0.3) is 0 Å². The summed E-state index contributed by atoms with van der Waals surface area (Å²) in [6.45, 7) is 9.77. The second kappa shape index (κ2) is 7.59. The van der Waals surface area contributed by atoms with Crippen LogP contribution in [0.1, 0.15) is 27.2 Å². The predicted octanol–water partition coefficient (Wildman–Crippen LogP) is 1.91. The van der Waals surface area contributed by atoms with Crippen molar-refractivity contribution in [1.29, 1.82) is 0 Å². The predicted molar refractivity (Wildman–Crippen MR) is 66.6 cm³/mol. The van der Waals surface area contributed by atoms with Gasteiger partial charge in [0.2, 0.25) is 0 Å². The van der Waals surface area contributed by atoms with Crippen LogP contribution >= 0.6 is 24.8 Å². The van der Waals surface area contributed by atoms with Crippen LogP contribution in [0.3, 0.4) is 0 Å².